The molecule has 19 heavy (non-hydrogen) atoms. The standard InChI is InChI=1S/C14H20N2O3/c1-4-12(13(17)18)16(3)14(19)15-10(2)11-8-6-5-7-9-11/h5-10,12H,4H2,1-3H3,(H,15,19)(H,17,18). The number of amides is 2. The highest BCUT2D eigenvalue weighted by atomic mass is 16.4. The van der Waals surface area contributed by atoms with Crippen LogP contribution < -0.4 is 5.32 Å². The van der Waals surface area contributed by atoms with Crippen molar-refractivity contribution in [3.63, 3.8) is 0 Å². The summed E-state index contributed by atoms with van der Waals surface area (Å²) in [5, 5.41) is 11.8. The number of carboxylic acids is 1. The quantitative estimate of drug-likeness (QED) is 0.857. The van der Waals surface area contributed by atoms with Crippen LogP contribution in [0.5, 0.6) is 0 Å². The lowest BCUT2D eigenvalue weighted by Gasteiger charge is -2.26. The molecule has 5 nitrogen and oxygen atoms in total. The Morgan fingerprint density at radius 2 is 1.89 bits per heavy atom. The van der Waals surface area contributed by atoms with Crippen molar-refractivity contribution in [3.05, 3.63) is 35.9 Å². The van der Waals surface area contributed by atoms with E-state index in [1.54, 1.807) is 6.92 Å². The maximum atomic E-state index is 12.0. The summed E-state index contributed by atoms with van der Waals surface area (Å²) >= 11 is 0. The van der Waals surface area contributed by atoms with Gasteiger partial charge >= 0.3 is 12.0 Å². The highest BCUT2D eigenvalue weighted by molar-refractivity contribution is 5.82. The van der Waals surface area contributed by atoms with E-state index < -0.39 is 12.0 Å². The number of likely N-dealkylation sites (N-methyl/N-ethyl adjacent to an activating group) is 1. The van der Waals surface area contributed by atoms with Gasteiger partial charge in [-0.1, -0.05) is 37.3 Å². The van der Waals surface area contributed by atoms with Gasteiger partial charge in [-0.3, -0.25) is 0 Å². The van der Waals surface area contributed by atoms with Gasteiger partial charge in [0.05, 0.1) is 6.04 Å². The number of benzene rings is 1. The number of urea groups is 1. The van der Waals surface area contributed by atoms with Crippen LogP contribution in [0.1, 0.15) is 31.9 Å². The third-order valence-corrected chi connectivity index (χ3v) is 3.10. The molecule has 1 aromatic rings. The molecule has 0 heterocycles. The smallest absolute Gasteiger partial charge is 0.326 e. The topological polar surface area (TPSA) is 69.6 Å². The van der Waals surface area contributed by atoms with Crippen molar-refractivity contribution in [1.29, 1.82) is 0 Å². The van der Waals surface area contributed by atoms with Crippen molar-refractivity contribution in [2.24, 2.45) is 0 Å². The fraction of sp³-hybridized carbons (Fsp3) is 0.429. The van der Waals surface area contributed by atoms with Crippen LogP contribution in [0.25, 0.3) is 0 Å². The minimum atomic E-state index is -0.993. The van der Waals surface area contributed by atoms with Crippen LogP contribution in [0.2, 0.25) is 0 Å². The van der Waals surface area contributed by atoms with Crippen LogP contribution in [0.3, 0.4) is 0 Å². The van der Waals surface area contributed by atoms with Crippen molar-refractivity contribution in [2.75, 3.05) is 7.05 Å². The van der Waals surface area contributed by atoms with Crippen molar-refractivity contribution in [1.82, 2.24) is 10.2 Å². The van der Waals surface area contributed by atoms with Gasteiger partial charge < -0.3 is 15.3 Å². The largest absolute Gasteiger partial charge is 0.480 e. The molecule has 2 amide bonds. The monoisotopic (exact) mass is 264 g/mol. The minimum absolute atomic E-state index is 0.164. The average molecular weight is 264 g/mol. The number of carboxylic acid groups (broad SMARTS) is 1. The van der Waals surface area contributed by atoms with Crippen LogP contribution in [0, 0.1) is 0 Å². The lowest BCUT2D eigenvalue weighted by Crippen LogP contribution is -2.47. The zero-order chi connectivity index (χ0) is 14.4. The lowest BCUT2D eigenvalue weighted by atomic mass is 10.1. The number of nitrogens with one attached hydrogen (secondary N) is 1. The molecule has 0 radical (unpaired) electrons. The Labute approximate surface area is 113 Å². The predicted octanol–water partition coefficient (Wildman–Crippen LogP) is 2.25. The summed E-state index contributed by atoms with van der Waals surface area (Å²) in [6.45, 7) is 3.60. The van der Waals surface area contributed by atoms with Gasteiger partial charge in [0.25, 0.3) is 0 Å². The highest BCUT2D eigenvalue weighted by Crippen LogP contribution is 2.12. The van der Waals surface area contributed by atoms with Gasteiger partial charge in [0.1, 0.15) is 6.04 Å². The van der Waals surface area contributed by atoms with E-state index in [0.29, 0.717) is 6.42 Å². The molecule has 0 aliphatic heterocycles. The van der Waals surface area contributed by atoms with Gasteiger partial charge in [-0.25, -0.2) is 9.59 Å². The summed E-state index contributed by atoms with van der Waals surface area (Å²) in [5.41, 5.74) is 0.979. The third-order valence-electron chi connectivity index (χ3n) is 3.10. The van der Waals surface area contributed by atoms with Gasteiger partial charge in [-0.2, -0.15) is 0 Å². The van der Waals surface area contributed by atoms with Crippen molar-refractivity contribution >= 4 is 12.0 Å². The van der Waals surface area contributed by atoms with E-state index in [1.807, 2.05) is 37.3 Å². The van der Waals surface area contributed by atoms with E-state index in [0.717, 1.165) is 5.56 Å². The predicted molar refractivity (Wildman–Crippen MR) is 72.9 cm³/mol. The van der Waals surface area contributed by atoms with Crippen molar-refractivity contribution < 1.29 is 14.7 Å². The highest BCUT2D eigenvalue weighted by Gasteiger charge is 2.25. The molecule has 1 aromatic carbocycles. The number of hydrogen-bond acceptors (Lipinski definition) is 2. The van der Waals surface area contributed by atoms with Crippen LogP contribution in [0.4, 0.5) is 4.79 Å². The van der Waals surface area contributed by atoms with Gasteiger partial charge in [0.2, 0.25) is 0 Å². The molecule has 0 aliphatic carbocycles. The number of nitrogens with zero attached hydrogens (tertiary/aromatic N) is 1. The second-order valence-electron chi connectivity index (χ2n) is 4.46. The van der Waals surface area contributed by atoms with Crippen molar-refractivity contribution in [2.45, 2.75) is 32.4 Å². The summed E-state index contributed by atoms with van der Waals surface area (Å²) in [5.74, 6) is -0.993. The minimum Gasteiger partial charge on any atom is -0.480 e. The molecule has 0 aliphatic rings. The van der Waals surface area contributed by atoms with E-state index in [-0.39, 0.29) is 12.1 Å². The summed E-state index contributed by atoms with van der Waals surface area (Å²) in [7, 11) is 1.50. The molecule has 0 fully saturated rings. The summed E-state index contributed by atoms with van der Waals surface area (Å²) in [6.07, 6.45) is 0.374. The van der Waals surface area contributed by atoms with Crippen LogP contribution in [0.15, 0.2) is 30.3 Å². The zero-order valence-electron chi connectivity index (χ0n) is 11.5. The second-order valence-corrected chi connectivity index (χ2v) is 4.46. The van der Waals surface area contributed by atoms with Crippen LogP contribution in [-0.4, -0.2) is 35.1 Å². The number of aliphatic carboxylic acids is 1. The Morgan fingerprint density at radius 3 is 2.37 bits per heavy atom. The van der Waals surface area contributed by atoms with Crippen LogP contribution in [-0.2, 0) is 4.79 Å². The van der Waals surface area contributed by atoms with Gasteiger partial charge in [0.15, 0.2) is 0 Å². The molecular formula is C14H20N2O3. The number of hydrogen-bond donors (Lipinski definition) is 2. The Morgan fingerprint density at radius 1 is 1.32 bits per heavy atom. The number of rotatable bonds is 5. The first-order valence-electron chi connectivity index (χ1n) is 6.28. The number of carbonyl (C=O) groups is 2. The van der Waals surface area contributed by atoms with E-state index in [4.69, 9.17) is 5.11 Å². The Balaban J connectivity index is 2.66. The first-order valence-corrected chi connectivity index (χ1v) is 6.28. The maximum Gasteiger partial charge on any atom is 0.326 e. The molecule has 0 saturated carbocycles. The Bertz CT molecular complexity index is 434. The molecular weight excluding hydrogens is 244 g/mol. The fourth-order valence-electron chi connectivity index (χ4n) is 1.87. The van der Waals surface area contributed by atoms with Crippen molar-refractivity contribution in [3.8, 4) is 0 Å². The zero-order valence-corrected chi connectivity index (χ0v) is 11.5. The van der Waals surface area contributed by atoms with E-state index in [1.165, 1.54) is 11.9 Å². The van der Waals surface area contributed by atoms with E-state index in [9.17, 15) is 9.59 Å². The molecule has 5 heteroatoms. The Kier molecular flexibility index (Phi) is 5.36. The molecule has 2 unspecified atom stereocenters. The SMILES string of the molecule is CCC(C(=O)O)N(C)C(=O)NC(C)c1ccccc1. The normalized spacial score (nSPS) is 13.4. The third kappa shape index (κ3) is 3.98. The molecule has 1 rings (SSSR count). The Hall–Kier alpha value is -2.04. The molecule has 2 atom stereocenters. The first kappa shape index (κ1) is 15.0. The fourth-order valence-corrected chi connectivity index (χ4v) is 1.87. The molecule has 0 aromatic heterocycles. The molecule has 0 bridgehead atoms. The molecule has 2 N–H and O–H groups in total. The lowest BCUT2D eigenvalue weighted by molar-refractivity contribution is -0.141. The molecule has 0 saturated heterocycles. The summed E-state index contributed by atoms with van der Waals surface area (Å²) in [4.78, 5) is 24.2. The first-order chi connectivity index (χ1) is 8.97. The van der Waals surface area contributed by atoms with Gasteiger partial charge in [-0.05, 0) is 18.9 Å². The molecule has 104 valence electrons. The maximum absolute atomic E-state index is 12.0. The van der Waals surface area contributed by atoms with E-state index >= 15 is 0 Å². The van der Waals surface area contributed by atoms with Gasteiger partial charge in [-0.15, -0.1) is 0 Å². The van der Waals surface area contributed by atoms with Crippen LogP contribution >= 0.6 is 0 Å². The van der Waals surface area contributed by atoms with E-state index in [2.05, 4.69) is 5.32 Å². The molecule has 0 spiro atoms. The summed E-state index contributed by atoms with van der Waals surface area (Å²) < 4.78 is 0. The van der Waals surface area contributed by atoms with Gasteiger partial charge in [0, 0.05) is 7.05 Å². The summed E-state index contributed by atoms with van der Waals surface area (Å²) in [6, 6.07) is 8.18. The second kappa shape index (κ2) is 6.78. The average Bonchev–Trinajstić information content (AvgIpc) is 2.39. The number of carbonyl (C=O) groups excluding carboxylic acids is 1.